The largest absolute Gasteiger partial charge is 0.494 e. The second-order valence-electron chi connectivity index (χ2n) is 4.35. The molecule has 5 nitrogen and oxygen atoms in total. The van der Waals surface area contributed by atoms with E-state index < -0.39 is 11.2 Å². The van der Waals surface area contributed by atoms with Crippen molar-refractivity contribution in [3.05, 3.63) is 26.4 Å². The summed E-state index contributed by atoms with van der Waals surface area (Å²) in [6.45, 7) is 1.52. The SMILES string of the molecule is CSC1CCCC1n1c(O)c(C)c(=O)[nH]c1=O. The molecule has 1 fully saturated rings. The highest BCUT2D eigenvalue weighted by molar-refractivity contribution is 7.99. The van der Waals surface area contributed by atoms with E-state index in [0.29, 0.717) is 5.25 Å². The van der Waals surface area contributed by atoms with E-state index in [4.69, 9.17) is 0 Å². The van der Waals surface area contributed by atoms with Crippen LogP contribution in [0, 0.1) is 6.92 Å². The van der Waals surface area contributed by atoms with Crippen LogP contribution in [0.4, 0.5) is 0 Å². The first kappa shape index (κ1) is 12.3. The number of thioether (sulfide) groups is 1. The van der Waals surface area contributed by atoms with Gasteiger partial charge >= 0.3 is 5.69 Å². The smallest absolute Gasteiger partial charge is 0.331 e. The van der Waals surface area contributed by atoms with Crippen LogP contribution in [0.15, 0.2) is 9.59 Å². The number of aromatic amines is 1. The van der Waals surface area contributed by atoms with Crippen LogP contribution in [0.1, 0.15) is 30.9 Å². The fourth-order valence-electron chi connectivity index (χ4n) is 2.41. The van der Waals surface area contributed by atoms with Crippen LogP contribution in [0.25, 0.3) is 0 Å². The lowest BCUT2D eigenvalue weighted by molar-refractivity contribution is 0.362. The number of nitrogens with one attached hydrogen (secondary N) is 1. The van der Waals surface area contributed by atoms with E-state index in [0.717, 1.165) is 19.3 Å². The summed E-state index contributed by atoms with van der Waals surface area (Å²) < 4.78 is 1.34. The molecule has 6 heteroatoms. The Morgan fingerprint density at radius 3 is 2.76 bits per heavy atom. The van der Waals surface area contributed by atoms with Crippen molar-refractivity contribution in [1.82, 2.24) is 9.55 Å². The Morgan fingerprint density at radius 1 is 1.41 bits per heavy atom. The van der Waals surface area contributed by atoms with E-state index in [2.05, 4.69) is 4.98 Å². The van der Waals surface area contributed by atoms with Crippen LogP contribution in [0.2, 0.25) is 0 Å². The van der Waals surface area contributed by atoms with Crippen molar-refractivity contribution in [3.63, 3.8) is 0 Å². The number of hydrogen-bond acceptors (Lipinski definition) is 4. The van der Waals surface area contributed by atoms with E-state index >= 15 is 0 Å². The molecule has 0 spiro atoms. The van der Waals surface area contributed by atoms with Crippen LogP contribution < -0.4 is 11.2 Å². The first-order chi connectivity index (χ1) is 8.06. The Hall–Kier alpha value is -1.17. The van der Waals surface area contributed by atoms with Gasteiger partial charge in [-0.05, 0) is 26.0 Å². The van der Waals surface area contributed by atoms with Crippen LogP contribution in [-0.4, -0.2) is 26.2 Å². The van der Waals surface area contributed by atoms with Gasteiger partial charge in [0.15, 0.2) is 0 Å². The molecule has 0 aromatic carbocycles. The highest BCUT2D eigenvalue weighted by Gasteiger charge is 2.31. The summed E-state index contributed by atoms with van der Waals surface area (Å²) in [6.07, 6.45) is 4.95. The van der Waals surface area contributed by atoms with Gasteiger partial charge in [0.1, 0.15) is 0 Å². The van der Waals surface area contributed by atoms with Crippen molar-refractivity contribution in [2.45, 2.75) is 37.5 Å². The highest BCUT2D eigenvalue weighted by atomic mass is 32.2. The molecule has 17 heavy (non-hydrogen) atoms. The van der Waals surface area contributed by atoms with Crippen LogP contribution in [0.3, 0.4) is 0 Å². The van der Waals surface area contributed by atoms with Crippen LogP contribution >= 0.6 is 11.8 Å². The Morgan fingerprint density at radius 2 is 2.12 bits per heavy atom. The van der Waals surface area contributed by atoms with Gasteiger partial charge in [-0.15, -0.1) is 0 Å². The lowest BCUT2D eigenvalue weighted by Gasteiger charge is -2.21. The van der Waals surface area contributed by atoms with Crippen molar-refractivity contribution in [1.29, 1.82) is 0 Å². The molecule has 1 saturated carbocycles. The third-order valence-electron chi connectivity index (χ3n) is 3.40. The molecular formula is C11H16N2O3S. The first-order valence-corrected chi connectivity index (χ1v) is 6.92. The molecule has 0 saturated heterocycles. The maximum Gasteiger partial charge on any atom is 0.331 e. The minimum absolute atomic E-state index is 0.0203. The van der Waals surface area contributed by atoms with Gasteiger partial charge in [-0.2, -0.15) is 11.8 Å². The molecule has 1 aromatic heterocycles. The van der Waals surface area contributed by atoms with Gasteiger partial charge in [0, 0.05) is 5.25 Å². The van der Waals surface area contributed by atoms with Gasteiger partial charge in [-0.1, -0.05) is 6.42 Å². The molecule has 0 bridgehead atoms. The first-order valence-electron chi connectivity index (χ1n) is 5.63. The molecule has 94 valence electrons. The van der Waals surface area contributed by atoms with Crippen molar-refractivity contribution in [2.24, 2.45) is 0 Å². The molecule has 0 aliphatic heterocycles. The quantitative estimate of drug-likeness (QED) is 0.828. The summed E-state index contributed by atoms with van der Waals surface area (Å²) in [6, 6.07) is -0.0203. The summed E-state index contributed by atoms with van der Waals surface area (Å²) in [4.78, 5) is 25.4. The van der Waals surface area contributed by atoms with Gasteiger partial charge in [0.25, 0.3) is 5.56 Å². The zero-order valence-electron chi connectivity index (χ0n) is 9.90. The standard InChI is InChI=1S/C11H16N2O3S/c1-6-9(14)12-11(16)13(10(6)15)7-4-3-5-8(7)17-2/h7-8,15H,3-5H2,1-2H3,(H,12,14,16). The molecule has 2 rings (SSSR count). The molecule has 1 aliphatic rings. The third-order valence-corrected chi connectivity index (χ3v) is 4.55. The number of nitrogens with zero attached hydrogens (tertiary/aromatic N) is 1. The van der Waals surface area contributed by atoms with E-state index in [1.54, 1.807) is 11.8 Å². The Labute approximate surface area is 103 Å². The van der Waals surface area contributed by atoms with Gasteiger partial charge in [0.2, 0.25) is 5.88 Å². The van der Waals surface area contributed by atoms with Gasteiger partial charge < -0.3 is 5.11 Å². The second kappa shape index (κ2) is 4.60. The molecule has 1 aliphatic carbocycles. The van der Waals surface area contributed by atoms with Gasteiger partial charge in [0.05, 0.1) is 11.6 Å². The lowest BCUT2D eigenvalue weighted by Crippen LogP contribution is -2.35. The zero-order valence-corrected chi connectivity index (χ0v) is 10.7. The normalized spacial score (nSPS) is 24.1. The Balaban J connectivity index is 2.56. The highest BCUT2D eigenvalue weighted by Crippen LogP contribution is 2.38. The third kappa shape index (κ3) is 2.01. The molecule has 1 heterocycles. The summed E-state index contributed by atoms with van der Waals surface area (Å²) in [5.74, 6) is -0.190. The molecular weight excluding hydrogens is 240 g/mol. The minimum Gasteiger partial charge on any atom is -0.494 e. The molecule has 2 unspecified atom stereocenters. The molecule has 2 N–H and O–H groups in total. The van der Waals surface area contributed by atoms with Crippen molar-refractivity contribution in [2.75, 3.05) is 6.26 Å². The Kier molecular flexibility index (Phi) is 3.33. The van der Waals surface area contributed by atoms with E-state index in [-0.39, 0.29) is 17.5 Å². The minimum atomic E-state index is -0.512. The van der Waals surface area contributed by atoms with E-state index in [9.17, 15) is 14.7 Å². The maximum absolute atomic E-state index is 11.8. The predicted molar refractivity (Wildman–Crippen MR) is 67.9 cm³/mol. The van der Waals surface area contributed by atoms with E-state index in [1.165, 1.54) is 11.5 Å². The topological polar surface area (TPSA) is 75.1 Å². The summed E-state index contributed by atoms with van der Waals surface area (Å²) in [5, 5.41) is 10.3. The van der Waals surface area contributed by atoms with Crippen molar-refractivity contribution < 1.29 is 5.11 Å². The summed E-state index contributed by atoms with van der Waals surface area (Å²) in [7, 11) is 0. The molecule has 2 atom stereocenters. The lowest BCUT2D eigenvalue weighted by atomic mass is 10.2. The molecule has 0 radical (unpaired) electrons. The zero-order chi connectivity index (χ0) is 12.6. The fourth-order valence-corrected chi connectivity index (χ4v) is 3.39. The molecule has 1 aromatic rings. The average Bonchev–Trinajstić information content (AvgIpc) is 2.74. The second-order valence-corrected chi connectivity index (χ2v) is 5.43. The van der Waals surface area contributed by atoms with Crippen LogP contribution in [-0.2, 0) is 0 Å². The van der Waals surface area contributed by atoms with Crippen LogP contribution in [0.5, 0.6) is 5.88 Å². The van der Waals surface area contributed by atoms with E-state index in [1.807, 2.05) is 6.26 Å². The van der Waals surface area contributed by atoms with Crippen molar-refractivity contribution in [3.8, 4) is 5.88 Å². The number of aromatic hydroxyl groups is 1. The average molecular weight is 256 g/mol. The predicted octanol–water partition coefficient (Wildman–Crippen LogP) is 1.01. The summed E-state index contributed by atoms with van der Waals surface area (Å²) >= 11 is 1.70. The van der Waals surface area contributed by atoms with Gasteiger partial charge in [-0.25, -0.2) is 4.79 Å². The number of aromatic nitrogens is 2. The monoisotopic (exact) mass is 256 g/mol. The maximum atomic E-state index is 11.8. The fraction of sp³-hybridized carbons (Fsp3) is 0.636. The summed E-state index contributed by atoms with van der Waals surface area (Å²) in [5.41, 5.74) is -0.817. The number of H-pyrrole nitrogens is 1. The number of hydrogen-bond donors (Lipinski definition) is 2. The van der Waals surface area contributed by atoms with Gasteiger partial charge in [-0.3, -0.25) is 14.3 Å². The Bertz CT molecular complexity index is 534. The number of rotatable bonds is 2. The van der Waals surface area contributed by atoms with Crippen molar-refractivity contribution >= 4 is 11.8 Å². The molecule has 0 amide bonds.